The van der Waals surface area contributed by atoms with Crippen LogP contribution >= 0.6 is 0 Å². The molecule has 1 saturated carbocycles. The first-order chi connectivity index (χ1) is 12.1. The molecule has 4 atom stereocenters. The summed E-state index contributed by atoms with van der Waals surface area (Å²) in [4.78, 5) is 2.55. The van der Waals surface area contributed by atoms with Crippen LogP contribution < -0.4 is 9.47 Å². The fourth-order valence-corrected chi connectivity index (χ4v) is 6.36. The Labute approximate surface area is 149 Å². The lowest BCUT2D eigenvalue weighted by Gasteiger charge is -2.60. The molecule has 2 heterocycles. The lowest BCUT2D eigenvalue weighted by molar-refractivity contribution is -0.292. The van der Waals surface area contributed by atoms with E-state index in [-0.39, 0.29) is 11.5 Å². The van der Waals surface area contributed by atoms with Gasteiger partial charge in [0.25, 0.3) is 0 Å². The molecule has 2 bridgehead atoms. The van der Waals surface area contributed by atoms with Gasteiger partial charge in [0.2, 0.25) is 5.79 Å². The molecule has 0 amide bonds. The van der Waals surface area contributed by atoms with Gasteiger partial charge in [0.15, 0.2) is 17.6 Å². The fourth-order valence-electron chi connectivity index (χ4n) is 6.36. The van der Waals surface area contributed by atoms with Crippen LogP contribution in [-0.4, -0.2) is 57.8 Å². The Morgan fingerprint density at radius 3 is 2.68 bits per heavy atom. The number of methoxy groups -OCH3 is 3. The van der Waals surface area contributed by atoms with E-state index in [0.717, 1.165) is 43.7 Å². The molecule has 1 aromatic carbocycles. The van der Waals surface area contributed by atoms with E-state index in [1.54, 1.807) is 21.3 Å². The Kier molecular flexibility index (Phi) is 3.26. The van der Waals surface area contributed by atoms with Gasteiger partial charge in [0.05, 0.1) is 7.11 Å². The minimum absolute atomic E-state index is 0.0289. The monoisotopic (exact) mass is 345 g/mol. The van der Waals surface area contributed by atoms with Crippen molar-refractivity contribution in [1.29, 1.82) is 0 Å². The Morgan fingerprint density at radius 1 is 1.16 bits per heavy atom. The van der Waals surface area contributed by atoms with Crippen molar-refractivity contribution in [2.24, 2.45) is 5.92 Å². The second-order valence-corrected chi connectivity index (χ2v) is 8.04. The number of likely N-dealkylation sites (tertiary alicyclic amines) is 1. The third kappa shape index (κ3) is 1.70. The van der Waals surface area contributed by atoms with Crippen LogP contribution in [0, 0.1) is 5.92 Å². The maximum atomic E-state index is 6.64. The minimum atomic E-state index is -0.685. The molecule has 4 aliphatic rings. The van der Waals surface area contributed by atoms with Gasteiger partial charge in [-0.15, -0.1) is 0 Å². The van der Waals surface area contributed by atoms with Gasteiger partial charge in [-0.05, 0) is 50.4 Å². The van der Waals surface area contributed by atoms with Gasteiger partial charge >= 0.3 is 0 Å². The Hall–Kier alpha value is -1.30. The van der Waals surface area contributed by atoms with Gasteiger partial charge in [0, 0.05) is 37.7 Å². The Balaban J connectivity index is 1.78. The normalized spacial score (nSPS) is 37.4. The molecule has 0 aromatic heterocycles. The van der Waals surface area contributed by atoms with Crippen molar-refractivity contribution in [1.82, 2.24) is 4.90 Å². The summed E-state index contributed by atoms with van der Waals surface area (Å²) in [5.41, 5.74) is 2.76. The van der Waals surface area contributed by atoms with Crippen molar-refractivity contribution in [2.75, 3.05) is 34.9 Å². The maximum Gasteiger partial charge on any atom is 0.206 e. The van der Waals surface area contributed by atoms with E-state index in [4.69, 9.17) is 18.9 Å². The summed E-state index contributed by atoms with van der Waals surface area (Å²) >= 11 is 0. The van der Waals surface area contributed by atoms with Gasteiger partial charge in [-0.25, -0.2) is 0 Å². The SMILES string of the molecule is COc1ccc2c3c1O[C@@H]1C(OC)(OC)CCC4C(C2)N(C)CC[C@]341. The number of hydrogen-bond acceptors (Lipinski definition) is 5. The number of likely N-dealkylation sites (N-methyl/N-ethyl adjacent to an activating group) is 1. The molecule has 136 valence electrons. The van der Waals surface area contributed by atoms with E-state index in [1.807, 2.05) is 0 Å². The highest BCUT2D eigenvalue weighted by Crippen LogP contribution is 2.65. The van der Waals surface area contributed by atoms with E-state index in [9.17, 15) is 0 Å². The predicted octanol–water partition coefficient (Wildman–Crippen LogP) is 2.35. The van der Waals surface area contributed by atoms with Crippen LogP contribution in [0.1, 0.15) is 30.4 Å². The van der Waals surface area contributed by atoms with E-state index >= 15 is 0 Å². The second kappa shape index (κ2) is 5.12. The molecule has 0 N–H and O–H groups in total. The van der Waals surface area contributed by atoms with Gasteiger partial charge in [-0.3, -0.25) is 0 Å². The van der Waals surface area contributed by atoms with E-state index in [1.165, 1.54) is 11.1 Å². The van der Waals surface area contributed by atoms with Crippen LogP contribution in [0.5, 0.6) is 11.5 Å². The number of benzene rings is 1. The van der Waals surface area contributed by atoms with Gasteiger partial charge in [-0.1, -0.05) is 6.07 Å². The van der Waals surface area contributed by atoms with Crippen molar-refractivity contribution < 1.29 is 18.9 Å². The fraction of sp³-hybridized carbons (Fsp3) is 0.700. The lowest BCUT2D eigenvalue weighted by atomic mass is 9.50. The summed E-state index contributed by atoms with van der Waals surface area (Å²) in [6.07, 6.45) is 4.03. The molecular weight excluding hydrogens is 318 g/mol. The summed E-state index contributed by atoms with van der Waals surface area (Å²) in [5, 5.41) is 0. The van der Waals surface area contributed by atoms with Crippen LogP contribution in [0.25, 0.3) is 0 Å². The highest BCUT2D eigenvalue weighted by atomic mass is 16.7. The van der Waals surface area contributed by atoms with Gasteiger partial charge in [-0.2, -0.15) is 0 Å². The molecule has 5 heteroatoms. The first-order valence-corrected chi connectivity index (χ1v) is 9.29. The number of hydrogen-bond donors (Lipinski definition) is 0. The molecule has 2 aliphatic heterocycles. The smallest absolute Gasteiger partial charge is 0.206 e. The molecule has 2 unspecified atom stereocenters. The number of nitrogens with zero attached hydrogens (tertiary/aromatic N) is 1. The molecule has 0 radical (unpaired) electrons. The van der Waals surface area contributed by atoms with Gasteiger partial charge < -0.3 is 23.8 Å². The Morgan fingerprint density at radius 2 is 1.96 bits per heavy atom. The first-order valence-electron chi connectivity index (χ1n) is 9.29. The third-order valence-corrected chi connectivity index (χ3v) is 7.49. The third-order valence-electron chi connectivity index (χ3n) is 7.49. The van der Waals surface area contributed by atoms with Crippen LogP contribution in [0.15, 0.2) is 12.1 Å². The summed E-state index contributed by atoms with van der Waals surface area (Å²) in [6, 6.07) is 4.86. The maximum absolute atomic E-state index is 6.64. The molecule has 1 saturated heterocycles. The Bertz CT molecular complexity index is 716. The number of rotatable bonds is 3. The molecule has 5 nitrogen and oxygen atoms in total. The van der Waals surface area contributed by atoms with Crippen molar-refractivity contribution in [3.63, 3.8) is 0 Å². The second-order valence-electron chi connectivity index (χ2n) is 8.04. The summed E-state index contributed by atoms with van der Waals surface area (Å²) in [7, 11) is 7.49. The van der Waals surface area contributed by atoms with E-state index in [2.05, 4.69) is 24.1 Å². The highest BCUT2D eigenvalue weighted by Gasteiger charge is 2.70. The largest absolute Gasteiger partial charge is 0.493 e. The standard InChI is InChI=1S/C20H27NO4/c1-21-10-9-19-13-7-8-20(23-3,24-4)18(19)25-17-15(22-2)6-5-12(16(17)19)11-14(13)21/h5-6,13-14,18H,7-11H2,1-4H3/t13?,14?,18-,19+/m0/s1. The van der Waals surface area contributed by atoms with Crippen LogP contribution in [-0.2, 0) is 21.3 Å². The number of ether oxygens (including phenoxy) is 4. The van der Waals surface area contributed by atoms with E-state index in [0.29, 0.717) is 12.0 Å². The molecule has 5 rings (SSSR count). The van der Waals surface area contributed by atoms with Crippen molar-refractivity contribution in [3.8, 4) is 11.5 Å². The molecule has 1 aromatic rings. The predicted molar refractivity (Wildman–Crippen MR) is 93.3 cm³/mol. The number of piperidine rings is 1. The molecule has 25 heavy (non-hydrogen) atoms. The zero-order valence-corrected chi connectivity index (χ0v) is 15.5. The van der Waals surface area contributed by atoms with Gasteiger partial charge in [0.1, 0.15) is 0 Å². The average molecular weight is 345 g/mol. The zero-order chi connectivity index (χ0) is 17.4. The summed E-state index contributed by atoms with van der Waals surface area (Å²) in [5.74, 6) is 1.66. The summed E-state index contributed by atoms with van der Waals surface area (Å²) < 4.78 is 24.2. The van der Waals surface area contributed by atoms with Crippen LogP contribution in [0.3, 0.4) is 0 Å². The lowest BCUT2D eigenvalue weighted by Crippen LogP contribution is -2.70. The molecule has 2 fully saturated rings. The summed E-state index contributed by atoms with van der Waals surface area (Å²) in [6.45, 7) is 1.08. The minimum Gasteiger partial charge on any atom is -0.493 e. The first kappa shape index (κ1) is 15.9. The molecule has 1 spiro atoms. The molecular formula is C20H27NO4. The van der Waals surface area contributed by atoms with Crippen molar-refractivity contribution in [2.45, 2.75) is 49.0 Å². The average Bonchev–Trinajstić information content (AvgIpc) is 3.00. The quantitative estimate of drug-likeness (QED) is 0.787. The van der Waals surface area contributed by atoms with Crippen molar-refractivity contribution in [3.05, 3.63) is 23.3 Å². The van der Waals surface area contributed by atoms with E-state index < -0.39 is 5.79 Å². The molecule has 2 aliphatic carbocycles. The topological polar surface area (TPSA) is 40.2 Å². The zero-order valence-electron chi connectivity index (χ0n) is 15.5. The van der Waals surface area contributed by atoms with Crippen LogP contribution in [0.4, 0.5) is 0 Å². The van der Waals surface area contributed by atoms with Crippen LogP contribution in [0.2, 0.25) is 0 Å². The highest BCUT2D eigenvalue weighted by molar-refractivity contribution is 5.61. The van der Waals surface area contributed by atoms with Crippen molar-refractivity contribution >= 4 is 0 Å².